The van der Waals surface area contributed by atoms with Crippen LogP contribution in [0.4, 0.5) is 17.6 Å². The highest BCUT2D eigenvalue weighted by Crippen LogP contribution is 2.53. The topological polar surface area (TPSA) is 74.2 Å². The average molecular weight is 478 g/mol. The first-order valence-electron chi connectivity index (χ1n) is 11.2. The zero-order chi connectivity index (χ0) is 24.5. The van der Waals surface area contributed by atoms with Crippen LogP contribution in [0.2, 0.25) is 0 Å². The first-order valence-corrected chi connectivity index (χ1v) is 11.2. The second-order valence-electron chi connectivity index (χ2n) is 9.04. The van der Waals surface area contributed by atoms with Gasteiger partial charge in [0.2, 0.25) is 0 Å². The molecule has 0 spiro atoms. The molecule has 35 heavy (non-hydrogen) atoms. The maximum absolute atomic E-state index is 14.9. The molecule has 0 fully saturated rings. The monoisotopic (exact) mass is 478 g/mol. The summed E-state index contributed by atoms with van der Waals surface area (Å²) in [7, 11) is 0. The minimum atomic E-state index is -3.41. The Hall–Kier alpha value is -3.77. The van der Waals surface area contributed by atoms with Gasteiger partial charge in [-0.25, -0.2) is 27.1 Å². The molecule has 0 bridgehead atoms. The molecule has 9 heteroatoms. The van der Waals surface area contributed by atoms with Gasteiger partial charge < -0.3 is 5.11 Å². The third-order valence-electron chi connectivity index (χ3n) is 7.10. The predicted octanol–water partition coefficient (Wildman–Crippen LogP) is 5.57. The Labute approximate surface area is 197 Å². The van der Waals surface area contributed by atoms with Crippen molar-refractivity contribution in [2.75, 3.05) is 0 Å². The highest BCUT2D eigenvalue weighted by Gasteiger charge is 2.50. The van der Waals surface area contributed by atoms with Gasteiger partial charge in [0.25, 0.3) is 5.92 Å². The molecule has 2 aromatic heterocycles. The molecule has 0 saturated heterocycles. The lowest BCUT2D eigenvalue weighted by Crippen LogP contribution is -2.22. The smallest absolute Gasteiger partial charge is 0.281 e. The third kappa shape index (κ3) is 3.17. The highest BCUT2D eigenvalue weighted by atomic mass is 19.3. The van der Waals surface area contributed by atoms with Gasteiger partial charge in [-0.15, -0.1) is 0 Å². The number of rotatable bonds is 2. The van der Waals surface area contributed by atoms with Crippen molar-refractivity contribution in [3.8, 4) is 17.3 Å². The number of nitriles is 1. The van der Waals surface area contributed by atoms with Crippen molar-refractivity contribution in [3.63, 3.8) is 0 Å². The minimum Gasteiger partial charge on any atom is -0.382 e. The second kappa shape index (κ2) is 7.62. The van der Waals surface area contributed by atoms with Gasteiger partial charge in [-0.2, -0.15) is 10.4 Å². The summed E-state index contributed by atoms with van der Waals surface area (Å²) in [5.41, 5.74) is 2.55. The van der Waals surface area contributed by atoms with E-state index in [0.29, 0.717) is 28.0 Å². The van der Waals surface area contributed by atoms with Crippen LogP contribution >= 0.6 is 0 Å². The van der Waals surface area contributed by atoms with Crippen LogP contribution in [0.15, 0.2) is 48.8 Å². The van der Waals surface area contributed by atoms with Gasteiger partial charge in [0.05, 0.1) is 23.5 Å². The molecule has 0 unspecified atom stereocenters. The van der Waals surface area contributed by atoms with Crippen LogP contribution in [-0.2, 0) is 6.42 Å². The Morgan fingerprint density at radius 3 is 2.74 bits per heavy atom. The SMILES string of the molecule is N#Cc1cc(F)cc2c1[C@@H](c1ccc(-c3cnc4cccnn34)c3c1CC(F)(F)[C@H]3O)CC[C@@H]2F. The zero-order valence-electron chi connectivity index (χ0n) is 18.2. The molecule has 1 N–H and O–H groups in total. The lowest BCUT2D eigenvalue weighted by Gasteiger charge is -2.31. The van der Waals surface area contributed by atoms with E-state index in [0.717, 1.165) is 12.1 Å². The number of aliphatic hydroxyl groups is 1. The normalized spacial score (nSPS) is 22.6. The molecule has 0 radical (unpaired) electrons. The van der Waals surface area contributed by atoms with Crippen LogP contribution in [-0.4, -0.2) is 25.6 Å². The number of alkyl halides is 3. The van der Waals surface area contributed by atoms with E-state index in [4.69, 9.17) is 0 Å². The van der Waals surface area contributed by atoms with Crippen LogP contribution in [0.3, 0.4) is 0 Å². The number of hydrogen-bond donors (Lipinski definition) is 1. The Kier molecular flexibility index (Phi) is 4.73. The lowest BCUT2D eigenvalue weighted by atomic mass is 9.74. The van der Waals surface area contributed by atoms with Gasteiger partial charge in [0.15, 0.2) is 5.65 Å². The number of halogens is 4. The largest absolute Gasteiger partial charge is 0.382 e. The second-order valence-corrected chi connectivity index (χ2v) is 9.04. The molecule has 2 aliphatic rings. The summed E-state index contributed by atoms with van der Waals surface area (Å²) < 4.78 is 60.2. The number of fused-ring (bicyclic) bond motifs is 3. The van der Waals surface area contributed by atoms with Crippen LogP contribution < -0.4 is 0 Å². The Morgan fingerprint density at radius 1 is 1.11 bits per heavy atom. The number of benzene rings is 2. The fourth-order valence-corrected chi connectivity index (χ4v) is 5.60. The van der Waals surface area contributed by atoms with Gasteiger partial charge >= 0.3 is 0 Å². The fourth-order valence-electron chi connectivity index (χ4n) is 5.60. The van der Waals surface area contributed by atoms with E-state index in [2.05, 4.69) is 10.1 Å². The Morgan fingerprint density at radius 2 is 1.94 bits per heavy atom. The number of imidazole rings is 1. The first-order chi connectivity index (χ1) is 16.8. The molecule has 2 aliphatic carbocycles. The van der Waals surface area contributed by atoms with E-state index in [1.165, 1.54) is 10.7 Å². The van der Waals surface area contributed by atoms with E-state index in [1.54, 1.807) is 30.5 Å². The molecule has 176 valence electrons. The lowest BCUT2D eigenvalue weighted by molar-refractivity contribution is -0.0966. The van der Waals surface area contributed by atoms with Gasteiger partial charge in [0.1, 0.15) is 18.1 Å². The number of aromatic nitrogens is 3. The fraction of sp³-hybridized carbons (Fsp3) is 0.269. The van der Waals surface area contributed by atoms with E-state index < -0.39 is 36.4 Å². The summed E-state index contributed by atoms with van der Waals surface area (Å²) in [4.78, 5) is 4.28. The van der Waals surface area contributed by atoms with Gasteiger partial charge in [-0.1, -0.05) is 12.1 Å². The summed E-state index contributed by atoms with van der Waals surface area (Å²) in [6, 6.07) is 10.8. The summed E-state index contributed by atoms with van der Waals surface area (Å²) in [5, 5.41) is 24.6. The molecule has 5 nitrogen and oxygen atoms in total. The van der Waals surface area contributed by atoms with Crippen molar-refractivity contribution in [1.82, 2.24) is 14.6 Å². The maximum atomic E-state index is 14.9. The maximum Gasteiger partial charge on any atom is 0.281 e. The summed E-state index contributed by atoms with van der Waals surface area (Å²) in [5.74, 6) is -4.72. The summed E-state index contributed by atoms with van der Waals surface area (Å²) in [6.45, 7) is 0. The molecule has 0 amide bonds. The van der Waals surface area contributed by atoms with Gasteiger partial charge in [-0.05, 0) is 64.9 Å². The van der Waals surface area contributed by atoms with Crippen LogP contribution in [0.1, 0.15) is 64.4 Å². The Balaban J connectivity index is 1.60. The van der Waals surface area contributed by atoms with Crippen molar-refractivity contribution in [2.45, 2.75) is 43.4 Å². The van der Waals surface area contributed by atoms with Crippen molar-refractivity contribution in [3.05, 3.63) is 88.0 Å². The van der Waals surface area contributed by atoms with Crippen molar-refractivity contribution < 1.29 is 22.7 Å². The molecule has 2 aromatic carbocycles. The average Bonchev–Trinajstić information content (AvgIpc) is 3.37. The molecule has 0 aliphatic heterocycles. The Bertz CT molecular complexity index is 1540. The summed E-state index contributed by atoms with van der Waals surface area (Å²) >= 11 is 0. The quantitative estimate of drug-likeness (QED) is 0.383. The van der Waals surface area contributed by atoms with E-state index >= 15 is 0 Å². The highest BCUT2D eigenvalue weighted by molar-refractivity contribution is 5.72. The van der Waals surface area contributed by atoms with E-state index in [1.807, 2.05) is 6.07 Å². The summed E-state index contributed by atoms with van der Waals surface area (Å²) in [6.07, 6.45) is -0.814. The van der Waals surface area contributed by atoms with Gasteiger partial charge in [-0.3, -0.25) is 0 Å². The zero-order valence-corrected chi connectivity index (χ0v) is 18.2. The molecule has 3 atom stereocenters. The van der Waals surface area contributed by atoms with Crippen LogP contribution in [0.5, 0.6) is 0 Å². The minimum absolute atomic E-state index is 0.0125. The third-order valence-corrected chi connectivity index (χ3v) is 7.10. The first kappa shape index (κ1) is 21.7. The van der Waals surface area contributed by atoms with E-state index in [-0.39, 0.29) is 35.1 Å². The molecule has 2 heterocycles. The van der Waals surface area contributed by atoms with Crippen molar-refractivity contribution >= 4 is 5.65 Å². The van der Waals surface area contributed by atoms with Gasteiger partial charge in [0, 0.05) is 24.1 Å². The van der Waals surface area contributed by atoms with Crippen molar-refractivity contribution in [1.29, 1.82) is 5.26 Å². The molecule has 6 rings (SSSR count). The standard InChI is InChI=1S/C26H18F4N4O/c27-14-8-13(11-31)23-16(5-6-20(28)18(23)9-14)15-3-4-17(24-19(15)10-26(29,30)25(24)35)21-12-32-22-2-1-7-33-34(21)22/h1-4,7-9,12,16,20,25,35H,5-6,10H2/t16-,20+,25+/m1/s1. The predicted molar refractivity (Wildman–Crippen MR) is 118 cm³/mol. The molecule has 4 aromatic rings. The molecular formula is C26H18F4N4O. The number of nitrogens with zero attached hydrogens (tertiary/aromatic N) is 4. The molecular weight excluding hydrogens is 460 g/mol. The van der Waals surface area contributed by atoms with Crippen LogP contribution in [0, 0.1) is 17.1 Å². The van der Waals surface area contributed by atoms with Crippen molar-refractivity contribution in [2.24, 2.45) is 0 Å². The number of hydrogen-bond acceptors (Lipinski definition) is 4. The number of aliphatic hydroxyl groups excluding tert-OH is 1. The van der Waals surface area contributed by atoms with E-state index in [9.17, 15) is 27.9 Å². The van der Waals surface area contributed by atoms with Crippen LogP contribution in [0.25, 0.3) is 16.9 Å². The molecule has 0 saturated carbocycles.